The topological polar surface area (TPSA) is 11.4 Å². The van der Waals surface area contributed by atoms with Crippen LogP contribution in [0.5, 0.6) is 0 Å². The van der Waals surface area contributed by atoms with Crippen molar-refractivity contribution in [2.45, 2.75) is 33.4 Å². The summed E-state index contributed by atoms with van der Waals surface area (Å²) in [5.41, 5.74) is 11.4. The van der Waals surface area contributed by atoms with Crippen LogP contribution in [0.3, 0.4) is 0 Å². The molecule has 67 heavy (non-hydrogen) atoms. The van der Waals surface area contributed by atoms with Gasteiger partial charge in [-0.1, -0.05) is 157 Å². The van der Waals surface area contributed by atoms with Crippen LogP contribution in [-0.4, -0.2) is 4.57 Å². The molecule has 3 nitrogen and oxygen atoms in total. The van der Waals surface area contributed by atoms with E-state index in [0.717, 1.165) is 62.0 Å². The van der Waals surface area contributed by atoms with E-state index in [-0.39, 0.29) is 0 Å². The molecule has 0 aliphatic carbocycles. The fourth-order valence-corrected chi connectivity index (χ4v) is 14.0. The first-order chi connectivity index (χ1) is 33.0. The van der Waals surface area contributed by atoms with Crippen molar-refractivity contribution in [3.05, 3.63) is 271 Å². The summed E-state index contributed by atoms with van der Waals surface area (Å²) in [4.78, 5) is 9.75. The van der Waals surface area contributed by atoms with E-state index in [1.54, 1.807) is 0 Å². The van der Waals surface area contributed by atoms with Gasteiger partial charge in [-0.05, 0) is 134 Å². The number of hydrogen-bond donors (Lipinski definition) is 0. The lowest BCUT2D eigenvalue weighted by atomic mass is 10.0. The lowest BCUT2D eigenvalue weighted by Crippen LogP contribution is -2.17. The van der Waals surface area contributed by atoms with E-state index in [4.69, 9.17) is 11.6 Å². The van der Waals surface area contributed by atoms with Gasteiger partial charge in [-0.3, -0.25) is 0 Å². The fourth-order valence-electron chi connectivity index (χ4n) is 9.85. The van der Waals surface area contributed by atoms with E-state index in [1.807, 2.05) is 0 Å². The van der Waals surface area contributed by atoms with Gasteiger partial charge in [0.25, 0.3) is 0 Å². The third-order valence-electron chi connectivity index (χ3n) is 12.8. The minimum absolute atomic E-state index is 0.627. The smallest absolute Gasteiger partial charge is 0.0888 e. The quantitative estimate of drug-likeness (QED) is 0.128. The molecule has 324 valence electrons. The molecule has 0 radical (unpaired) electrons. The first-order valence-electron chi connectivity index (χ1n) is 22.7. The number of hydrogen-bond acceptors (Lipinski definition) is 2. The van der Waals surface area contributed by atoms with Crippen LogP contribution in [0.2, 0.25) is 5.02 Å². The van der Waals surface area contributed by atoms with Crippen LogP contribution in [0.15, 0.2) is 274 Å². The summed E-state index contributed by atoms with van der Waals surface area (Å²) >= 11 is 8.13. The maximum Gasteiger partial charge on any atom is 0.0888 e. The second kappa shape index (κ2) is 17.9. The van der Waals surface area contributed by atoms with E-state index in [1.165, 1.54) is 30.4 Å². The number of fused-ring (bicyclic) bond motifs is 3. The normalized spacial score (nSPS) is 11.7. The van der Waals surface area contributed by atoms with Gasteiger partial charge in [-0.2, -0.15) is 0 Å². The lowest BCUT2D eigenvalue weighted by Gasteiger charge is -2.42. The SMILES string of the molecule is Cc1cccc(C)c1N(c1ccc(S(c2ccccc2)(c2ccccc2)c2ccccc2)cc1)c1cc(-n2c3ccccc3c3ccccc32)cc(N(c2ccccc2)c2ccccc2)c1Cl. The van der Waals surface area contributed by atoms with E-state index in [0.29, 0.717) is 5.02 Å². The highest BCUT2D eigenvalue weighted by Gasteiger charge is 2.34. The van der Waals surface area contributed by atoms with Gasteiger partial charge in [0, 0.05) is 47.4 Å². The summed E-state index contributed by atoms with van der Waals surface area (Å²) in [5.74, 6) is 0. The number of anilines is 6. The molecule has 0 bridgehead atoms. The predicted octanol–water partition coefficient (Wildman–Crippen LogP) is 18.3. The van der Waals surface area contributed by atoms with Crippen molar-refractivity contribution in [3.8, 4) is 5.69 Å². The van der Waals surface area contributed by atoms with Crippen molar-refractivity contribution >= 4 is 77.6 Å². The zero-order valence-corrected chi connectivity index (χ0v) is 38.9. The fraction of sp³-hybridized carbons (Fsp3) is 0.0323. The summed E-state index contributed by atoms with van der Waals surface area (Å²) < 4.78 is 2.39. The first kappa shape index (κ1) is 41.9. The molecule has 0 unspecified atom stereocenters. The summed E-state index contributed by atoms with van der Waals surface area (Å²) in [6, 6.07) is 91.9. The molecule has 10 aromatic carbocycles. The summed E-state index contributed by atoms with van der Waals surface area (Å²) in [6.45, 7) is 4.40. The molecule has 0 N–H and O–H groups in total. The highest BCUT2D eigenvalue weighted by atomic mass is 35.5. The maximum absolute atomic E-state index is 8.13. The largest absolute Gasteiger partial charge is 0.309 e. The molecule has 0 amide bonds. The first-order valence-corrected chi connectivity index (χ1v) is 24.7. The maximum atomic E-state index is 8.13. The molecule has 0 saturated heterocycles. The number of para-hydroxylation sites is 5. The minimum Gasteiger partial charge on any atom is -0.309 e. The second-order valence-electron chi connectivity index (χ2n) is 16.8. The Balaban J connectivity index is 1.21. The van der Waals surface area contributed by atoms with Gasteiger partial charge in [-0.25, -0.2) is 0 Å². The Labute approximate surface area is 399 Å². The molecule has 0 fully saturated rings. The van der Waals surface area contributed by atoms with Gasteiger partial charge in [-0.15, -0.1) is 10.0 Å². The Morgan fingerprint density at radius 3 is 1.16 bits per heavy atom. The van der Waals surface area contributed by atoms with Crippen LogP contribution in [0.4, 0.5) is 34.1 Å². The molecule has 1 heterocycles. The Morgan fingerprint density at radius 2 is 0.716 bits per heavy atom. The average molecular weight is 903 g/mol. The number of benzene rings is 10. The van der Waals surface area contributed by atoms with Crippen molar-refractivity contribution in [2.24, 2.45) is 0 Å². The zero-order valence-electron chi connectivity index (χ0n) is 37.4. The van der Waals surface area contributed by atoms with Crippen molar-refractivity contribution < 1.29 is 0 Å². The molecule has 0 aliphatic heterocycles. The number of aryl methyl sites for hydroxylation is 2. The number of nitrogens with zero attached hydrogens (tertiary/aromatic N) is 3. The monoisotopic (exact) mass is 901 g/mol. The molecular weight excluding hydrogens is 854 g/mol. The van der Waals surface area contributed by atoms with Crippen LogP contribution < -0.4 is 9.80 Å². The van der Waals surface area contributed by atoms with Gasteiger partial charge in [0.05, 0.1) is 38.8 Å². The van der Waals surface area contributed by atoms with E-state index < -0.39 is 10.0 Å². The summed E-state index contributed by atoms with van der Waals surface area (Å²) in [7, 11) is -1.92. The molecule has 5 heteroatoms. The Bertz CT molecular complexity index is 3280. The molecule has 0 saturated carbocycles. The van der Waals surface area contributed by atoms with Crippen molar-refractivity contribution in [1.29, 1.82) is 0 Å². The van der Waals surface area contributed by atoms with Crippen LogP contribution >= 0.6 is 21.6 Å². The number of rotatable bonds is 11. The van der Waals surface area contributed by atoms with Gasteiger partial charge in [0.2, 0.25) is 0 Å². The third kappa shape index (κ3) is 7.36. The molecule has 11 aromatic rings. The number of halogens is 1. The lowest BCUT2D eigenvalue weighted by molar-refractivity contribution is 1.15. The highest BCUT2D eigenvalue weighted by molar-refractivity contribution is 8.34. The molecule has 0 spiro atoms. The van der Waals surface area contributed by atoms with Crippen molar-refractivity contribution in [1.82, 2.24) is 4.57 Å². The summed E-state index contributed by atoms with van der Waals surface area (Å²) in [6.07, 6.45) is 0. The molecule has 1 aromatic heterocycles. The second-order valence-corrected chi connectivity index (χ2v) is 20.3. The van der Waals surface area contributed by atoms with Gasteiger partial charge >= 0.3 is 0 Å². The van der Waals surface area contributed by atoms with E-state index >= 15 is 0 Å². The van der Waals surface area contributed by atoms with Gasteiger partial charge in [0.1, 0.15) is 0 Å². The molecule has 0 atom stereocenters. The summed E-state index contributed by atoms with van der Waals surface area (Å²) in [5, 5.41) is 3.02. The Hall–Kier alpha value is -7.76. The van der Waals surface area contributed by atoms with Gasteiger partial charge in [0.15, 0.2) is 0 Å². The van der Waals surface area contributed by atoms with Crippen molar-refractivity contribution in [3.63, 3.8) is 0 Å². The third-order valence-corrected chi connectivity index (χ3v) is 17.1. The Morgan fingerprint density at radius 1 is 0.358 bits per heavy atom. The van der Waals surface area contributed by atoms with Gasteiger partial charge < -0.3 is 14.4 Å². The number of aromatic nitrogens is 1. The average Bonchev–Trinajstić information content (AvgIpc) is 3.72. The molecule has 0 aliphatic rings. The van der Waals surface area contributed by atoms with Crippen LogP contribution in [0.25, 0.3) is 27.5 Å². The Kier molecular flexibility index (Phi) is 11.2. The predicted molar refractivity (Wildman–Crippen MR) is 285 cm³/mol. The van der Waals surface area contributed by atoms with Crippen molar-refractivity contribution in [2.75, 3.05) is 9.80 Å². The minimum atomic E-state index is -1.92. The van der Waals surface area contributed by atoms with Crippen LogP contribution in [-0.2, 0) is 0 Å². The molecule has 11 rings (SSSR count). The zero-order chi connectivity index (χ0) is 45.3. The van der Waals surface area contributed by atoms with Crippen LogP contribution in [0.1, 0.15) is 11.1 Å². The highest BCUT2D eigenvalue weighted by Crippen LogP contribution is 2.73. The molecular formula is C62H48ClN3S. The standard InChI is InChI=1S/C62H48ClN3S/c1-45-23-22-24-46(2)62(45)66(49-39-41-54(42-40-49)67(51-29-12-5-13-30-51,52-31-14-6-15-32-52)53-33-16-7-17-34-53)60-44-50(65-57-37-20-18-35-55(57)56-36-19-21-38-58(56)65)43-59(61(60)63)64(47-25-8-3-9-26-47)48-27-10-4-11-28-48/h3-44H,1-2H3. The van der Waals surface area contributed by atoms with E-state index in [9.17, 15) is 0 Å². The van der Waals surface area contributed by atoms with Crippen LogP contribution in [0, 0.1) is 13.8 Å². The van der Waals surface area contributed by atoms with E-state index in [2.05, 4.69) is 283 Å².